The Kier molecular flexibility index (Phi) is 4.34. The van der Waals surface area contributed by atoms with Crippen molar-refractivity contribution in [2.45, 2.75) is 31.9 Å². The van der Waals surface area contributed by atoms with Gasteiger partial charge < -0.3 is 9.14 Å². The van der Waals surface area contributed by atoms with Gasteiger partial charge in [-0.25, -0.2) is 4.98 Å². The lowest BCUT2D eigenvalue weighted by molar-refractivity contribution is -0.0498. The minimum atomic E-state index is -2.88. The van der Waals surface area contributed by atoms with E-state index in [0.29, 0.717) is 12.1 Å². The fraction of sp³-hybridized carbons (Fsp3) is 0.227. The van der Waals surface area contributed by atoms with Crippen molar-refractivity contribution in [3.63, 3.8) is 0 Å². The zero-order chi connectivity index (χ0) is 20.8. The van der Waals surface area contributed by atoms with E-state index >= 15 is 0 Å². The van der Waals surface area contributed by atoms with Crippen molar-refractivity contribution in [1.82, 2.24) is 19.2 Å². The van der Waals surface area contributed by atoms with Gasteiger partial charge in [0.05, 0.1) is 18.2 Å². The van der Waals surface area contributed by atoms with Gasteiger partial charge in [-0.05, 0) is 43.2 Å². The maximum Gasteiger partial charge on any atom is 0.387 e. The molecule has 0 fully saturated rings. The highest BCUT2D eigenvalue weighted by molar-refractivity contribution is 6.05. The number of alkyl halides is 2. The molecule has 0 saturated heterocycles. The first-order valence-electron chi connectivity index (χ1n) is 9.61. The molecule has 152 valence electrons. The van der Waals surface area contributed by atoms with Crippen LogP contribution in [0, 0.1) is 0 Å². The van der Waals surface area contributed by atoms with Crippen molar-refractivity contribution in [3.8, 4) is 16.9 Å². The molecule has 2 atom stereocenters. The number of carbonyl (C=O) groups is 1. The molecule has 0 saturated carbocycles. The summed E-state index contributed by atoms with van der Waals surface area (Å²) in [5.74, 6) is -0.334. The number of Topliss-reactive ketones (excluding diaryl/α,β-unsaturated/α-hetero) is 1. The first-order chi connectivity index (χ1) is 14.5. The number of imidazole rings is 1. The molecule has 1 aliphatic heterocycles. The Morgan fingerprint density at radius 3 is 2.73 bits per heavy atom. The van der Waals surface area contributed by atoms with E-state index in [0.717, 1.165) is 22.3 Å². The number of nitrogens with zero attached hydrogens (tertiary/aromatic N) is 4. The van der Waals surface area contributed by atoms with Crippen molar-refractivity contribution in [2.75, 3.05) is 0 Å². The molecule has 5 rings (SSSR count). The van der Waals surface area contributed by atoms with Crippen LogP contribution >= 0.6 is 0 Å². The molecule has 8 heteroatoms. The van der Waals surface area contributed by atoms with Gasteiger partial charge in [-0.15, -0.1) is 0 Å². The number of fused-ring (bicyclic) bond motifs is 2. The summed E-state index contributed by atoms with van der Waals surface area (Å²) < 4.78 is 32.9. The molecule has 4 aromatic rings. The van der Waals surface area contributed by atoms with Crippen LogP contribution in [0.1, 0.15) is 41.4 Å². The van der Waals surface area contributed by atoms with Gasteiger partial charge in [-0.1, -0.05) is 12.1 Å². The zero-order valence-corrected chi connectivity index (χ0v) is 16.1. The van der Waals surface area contributed by atoms with E-state index in [1.165, 1.54) is 12.1 Å². The lowest BCUT2D eigenvalue weighted by Gasteiger charge is -2.28. The van der Waals surface area contributed by atoms with Crippen LogP contribution in [0.2, 0.25) is 0 Å². The molecular weight excluding hydrogens is 390 g/mol. The summed E-state index contributed by atoms with van der Waals surface area (Å²) in [6, 6.07) is 10.1. The second-order valence-corrected chi connectivity index (χ2v) is 7.41. The molecule has 3 aromatic heterocycles. The maximum atomic E-state index is 13.5. The molecule has 1 aliphatic rings. The number of hydrogen-bond acceptors (Lipinski definition) is 4. The molecule has 0 amide bonds. The highest BCUT2D eigenvalue weighted by atomic mass is 19.3. The van der Waals surface area contributed by atoms with E-state index in [1.807, 2.05) is 35.9 Å². The van der Waals surface area contributed by atoms with Crippen molar-refractivity contribution < 1.29 is 18.3 Å². The normalized spacial score (nSPS) is 18.7. The van der Waals surface area contributed by atoms with Crippen LogP contribution in [0.5, 0.6) is 5.75 Å². The highest BCUT2D eigenvalue weighted by Crippen LogP contribution is 2.39. The second-order valence-electron chi connectivity index (χ2n) is 7.41. The van der Waals surface area contributed by atoms with E-state index < -0.39 is 6.61 Å². The minimum absolute atomic E-state index is 0.0189. The molecule has 1 unspecified atom stereocenters. The predicted molar refractivity (Wildman–Crippen MR) is 106 cm³/mol. The smallest absolute Gasteiger partial charge is 0.387 e. The Bertz CT molecular complexity index is 1230. The summed E-state index contributed by atoms with van der Waals surface area (Å²) in [5.41, 5.74) is 3.81. The summed E-state index contributed by atoms with van der Waals surface area (Å²) in [6.45, 7) is -0.857. The van der Waals surface area contributed by atoms with Crippen molar-refractivity contribution >= 4 is 11.4 Å². The van der Waals surface area contributed by atoms with Crippen molar-refractivity contribution in [2.24, 2.45) is 0 Å². The Labute approximate surface area is 170 Å². The standard InChI is InChI=1S/C22H18F2N4O2/c1-13-10-17(14-2-5-16(6-3-14)30-22(23)24)21(29)20-18(11-26-28(13)20)15-4-7-19-25-8-9-27(19)12-15/h2-9,11-13,17,22H,10H2,1H3/t13-,17?/m0/s1. The van der Waals surface area contributed by atoms with Gasteiger partial charge in [0, 0.05) is 29.7 Å². The Balaban J connectivity index is 1.52. The van der Waals surface area contributed by atoms with Crippen molar-refractivity contribution in [1.29, 1.82) is 0 Å². The van der Waals surface area contributed by atoms with E-state index in [1.54, 1.807) is 29.2 Å². The molecule has 0 radical (unpaired) electrons. The topological polar surface area (TPSA) is 61.4 Å². The van der Waals surface area contributed by atoms with Crippen LogP contribution in [-0.2, 0) is 0 Å². The van der Waals surface area contributed by atoms with E-state index in [9.17, 15) is 13.6 Å². The van der Waals surface area contributed by atoms with Gasteiger partial charge in [0.15, 0.2) is 5.78 Å². The molecule has 0 spiro atoms. The van der Waals surface area contributed by atoms with Crippen LogP contribution in [0.4, 0.5) is 8.78 Å². The van der Waals surface area contributed by atoms with Gasteiger partial charge in [0.2, 0.25) is 0 Å². The highest BCUT2D eigenvalue weighted by Gasteiger charge is 2.36. The lowest BCUT2D eigenvalue weighted by Crippen LogP contribution is -2.28. The molecular formula is C22H18F2N4O2. The number of rotatable bonds is 4. The number of carbonyl (C=O) groups excluding carboxylic acids is 1. The van der Waals surface area contributed by atoms with Crippen LogP contribution in [0.25, 0.3) is 16.8 Å². The first kappa shape index (κ1) is 18.5. The Hall–Kier alpha value is -3.55. The number of pyridine rings is 1. The summed E-state index contributed by atoms with van der Waals surface area (Å²) in [5, 5.41) is 4.47. The second kappa shape index (κ2) is 7.05. The average molecular weight is 408 g/mol. The third kappa shape index (κ3) is 3.04. The third-order valence-electron chi connectivity index (χ3n) is 5.55. The fourth-order valence-corrected chi connectivity index (χ4v) is 4.11. The Morgan fingerprint density at radius 1 is 1.17 bits per heavy atom. The van der Waals surface area contributed by atoms with Gasteiger partial charge in [0.25, 0.3) is 0 Å². The number of benzene rings is 1. The number of halogens is 2. The first-order valence-corrected chi connectivity index (χ1v) is 9.61. The lowest BCUT2D eigenvalue weighted by atomic mass is 9.83. The van der Waals surface area contributed by atoms with E-state index in [2.05, 4.69) is 14.8 Å². The molecule has 0 bridgehead atoms. The maximum absolute atomic E-state index is 13.5. The van der Waals surface area contributed by atoms with Gasteiger partial charge >= 0.3 is 6.61 Å². The quantitative estimate of drug-likeness (QED) is 0.490. The van der Waals surface area contributed by atoms with Crippen LogP contribution in [0.3, 0.4) is 0 Å². The van der Waals surface area contributed by atoms with E-state index in [-0.39, 0.29) is 23.5 Å². The number of aromatic nitrogens is 4. The molecule has 6 nitrogen and oxygen atoms in total. The van der Waals surface area contributed by atoms with Gasteiger partial charge in [0.1, 0.15) is 17.1 Å². The third-order valence-corrected chi connectivity index (χ3v) is 5.55. The number of ketones is 1. The summed E-state index contributed by atoms with van der Waals surface area (Å²) >= 11 is 0. The summed E-state index contributed by atoms with van der Waals surface area (Å²) in [6.07, 6.45) is 7.81. The molecule has 1 aromatic carbocycles. The molecule has 30 heavy (non-hydrogen) atoms. The van der Waals surface area contributed by atoms with E-state index in [4.69, 9.17) is 0 Å². The minimum Gasteiger partial charge on any atom is -0.435 e. The fourth-order valence-electron chi connectivity index (χ4n) is 4.11. The average Bonchev–Trinajstić information content (AvgIpc) is 3.37. The SMILES string of the molecule is C[C@H]1CC(c2ccc(OC(F)F)cc2)C(=O)c2c(-c3ccc4nccn4c3)cnn21. The van der Waals surface area contributed by atoms with Crippen LogP contribution in [0.15, 0.2) is 61.2 Å². The van der Waals surface area contributed by atoms with Crippen molar-refractivity contribution in [3.05, 3.63) is 72.4 Å². The zero-order valence-electron chi connectivity index (χ0n) is 16.1. The molecule has 4 heterocycles. The number of hydrogen-bond donors (Lipinski definition) is 0. The Morgan fingerprint density at radius 2 is 1.97 bits per heavy atom. The van der Waals surface area contributed by atoms with Crippen LogP contribution < -0.4 is 4.74 Å². The molecule has 0 aliphatic carbocycles. The largest absolute Gasteiger partial charge is 0.435 e. The van der Waals surface area contributed by atoms with Crippen LogP contribution in [-0.4, -0.2) is 31.6 Å². The molecule has 0 N–H and O–H groups in total. The summed E-state index contributed by atoms with van der Waals surface area (Å²) in [7, 11) is 0. The predicted octanol–water partition coefficient (Wildman–Crippen LogP) is 4.73. The monoisotopic (exact) mass is 408 g/mol. The van der Waals surface area contributed by atoms with Gasteiger partial charge in [-0.3, -0.25) is 9.48 Å². The number of ether oxygens (including phenoxy) is 1. The summed E-state index contributed by atoms with van der Waals surface area (Å²) in [4.78, 5) is 17.7. The van der Waals surface area contributed by atoms with Gasteiger partial charge in [-0.2, -0.15) is 13.9 Å².